The predicted molar refractivity (Wildman–Crippen MR) is 104 cm³/mol. The van der Waals surface area contributed by atoms with Gasteiger partial charge in [-0.15, -0.1) is 0 Å². The van der Waals surface area contributed by atoms with Crippen molar-refractivity contribution in [2.75, 3.05) is 16.8 Å². The number of nitrogens with one attached hydrogen (secondary N) is 1. The van der Waals surface area contributed by atoms with E-state index in [0.717, 1.165) is 11.1 Å². The number of benzene rings is 2. The van der Waals surface area contributed by atoms with Crippen molar-refractivity contribution in [3.8, 4) is 0 Å². The molecule has 6 heteroatoms. The molecule has 0 aliphatic rings. The van der Waals surface area contributed by atoms with Crippen LogP contribution in [0, 0.1) is 13.8 Å². The van der Waals surface area contributed by atoms with Crippen LogP contribution in [0.3, 0.4) is 0 Å². The minimum Gasteiger partial charge on any atom is -0.326 e. The highest BCUT2D eigenvalue weighted by atomic mass is 35.5. The van der Waals surface area contributed by atoms with E-state index in [9.17, 15) is 9.59 Å². The summed E-state index contributed by atoms with van der Waals surface area (Å²) < 4.78 is 0. The molecule has 4 nitrogen and oxygen atoms in total. The number of rotatable bonds is 5. The average Bonchev–Trinajstić information content (AvgIpc) is 2.54. The molecule has 0 fully saturated rings. The first-order valence-electron chi connectivity index (χ1n) is 7.88. The first-order chi connectivity index (χ1) is 11.8. The lowest BCUT2D eigenvalue weighted by Crippen LogP contribution is -2.32. The maximum Gasteiger partial charge on any atom is 0.226 e. The second-order valence-electron chi connectivity index (χ2n) is 5.86. The lowest BCUT2D eigenvalue weighted by molar-refractivity contribution is -0.117. The van der Waals surface area contributed by atoms with Crippen LogP contribution in [0.15, 0.2) is 36.4 Å². The summed E-state index contributed by atoms with van der Waals surface area (Å²) in [6, 6.07) is 10.7. The van der Waals surface area contributed by atoms with Crippen molar-refractivity contribution >= 4 is 46.4 Å². The summed E-state index contributed by atoms with van der Waals surface area (Å²) in [5.74, 6) is -0.326. The number of carbonyl (C=O) groups is 2. The van der Waals surface area contributed by atoms with Crippen LogP contribution in [0.4, 0.5) is 11.4 Å². The van der Waals surface area contributed by atoms with Crippen LogP contribution >= 0.6 is 23.2 Å². The molecule has 0 saturated heterocycles. The smallest absolute Gasteiger partial charge is 0.226 e. The minimum absolute atomic E-state index is 0.142. The van der Waals surface area contributed by atoms with Gasteiger partial charge in [0, 0.05) is 41.3 Å². The third-order valence-electron chi connectivity index (χ3n) is 3.88. The number of anilines is 2. The van der Waals surface area contributed by atoms with E-state index in [1.54, 1.807) is 29.2 Å². The number of halogens is 2. The van der Waals surface area contributed by atoms with Crippen LogP contribution in [0.2, 0.25) is 10.0 Å². The summed E-state index contributed by atoms with van der Waals surface area (Å²) >= 11 is 12.0. The van der Waals surface area contributed by atoms with Crippen molar-refractivity contribution in [3.63, 3.8) is 0 Å². The Labute approximate surface area is 157 Å². The molecule has 2 aromatic rings. The van der Waals surface area contributed by atoms with E-state index in [1.807, 2.05) is 26.0 Å². The normalized spacial score (nSPS) is 10.4. The summed E-state index contributed by atoms with van der Waals surface area (Å²) in [4.78, 5) is 25.8. The summed E-state index contributed by atoms with van der Waals surface area (Å²) in [5.41, 5.74) is 3.23. The lowest BCUT2D eigenvalue weighted by atomic mass is 10.1. The standard InChI is InChI=1S/C19H20Cl2N2O2/c1-12-4-6-15(20)10-17(12)22-19(25)8-9-23(14(3)24)18-11-16(21)7-5-13(18)2/h4-7,10-11H,8-9H2,1-3H3,(H,22,25). The van der Waals surface area contributed by atoms with Gasteiger partial charge in [0.2, 0.25) is 11.8 Å². The summed E-state index contributed by atoms with van der Waals surface area (Å²) in [6.07, 6.45) is 0.164. The van der Waals surface area contributed by atoms with Crippen LogP contribution < -0.4 is 10.2 Å². The number of nitrogens with zero attached hydrogens (tertiary/aromatic N) is 1. The molecule has 132 valence electrons. The van der Waals surface area contributed by atoms with Crippen molar-refractivity contribution in [2.24, 2.45) is 0 Å². The molecule has 0 aliphatic heterocycles. The quantitative estimate of drug-likeness (QED) is 0.796. The molecule has 0 spiro atoms. The number of aryl methyl sites for hydroxylation is 2. The minimum atomic E-state index is -0.184. The zero-order valence-electron chi connectivity index (χ0n) is 14.4. The fraction of sp³-hybridized carbons (Fsp3) is 0.263. The average molecular weight is 379 g/mol. The molecule has 0 unspecified atom stereocenters. The summed E-state index contributed by atoms with van der Waals surface area (Å²) in [7, 11) is 0. The summed E-state index contributed by atoms with van der Waals surface area (Å²) in [5, 5.41) is 3.94. The van der Waals surface area contributed by atoms with Gasteiger partial charge in [-0.25, -0.2) is 0 Å². The van der Waals surface area contributed by atoms with Gasteiger partial charge in [0.15, 0.2) is 0 Å². The first-order valence-corrected chi connectivity index (χ1v) is 8.64. The topological polar surface area (TPSA) is 49.4 Å². The molecule has 0 bridgehead atoms. The van der Waals surface area contributed by atoms with Crippen LogP contribution in [-0.4, -0.2) is 18.4 Å². The van der Waals surface area contributed by atoms with Gasteiger partial charge in [0.05, 0.1) is 0 Å². The second-order valence-corrected chi connectivity index (χ2v) is 6.73. The number of carbonyl (C=O) groups excluding carboxylic acids is 2. The van der Waals surface area contributed by atoms with E-state index >= 15 is 0 Å². The first kappa shape index (κ1) is 19.3. The third-order valence-corrected chi connectivity index (χ3v) is 4.35. The fourth-order valence-electron chi connectivity index (χ4n) is 2.48. The van der Waals surface area contributed by atoms with Crippen molar-refractivity contribution < 1.29 is 9.59 Å². The lowest BCUT2D eigenvalue weighted by Gasteiger charge is -2.23. The van der Waals surface area contributed by atoms with E-state index < -0.39 is 0 Å². The fourth-order valence-corrected chi connectivity index (χ4v) is 2.81. The third kappa shape index (κ3) is 5.21. The van der Waals surface area contributed by atoms with Gasteiger partial charge in [-0.2, -0.15) is 0 Å². The maximum atomic E-state index is 12.3. The van der Waals surface area contributed by atoms with Gasteiger partial charge in [-0.05, 0) is 49.2 Å². The van der Waals surface area contributed by atoms with E-state index in [-0.39, 0.29) is 24.8 Å². The molecular formula is C19H20Cl2N2O2. The second kappa shape index (κ2) is 8.37. The van der Waals surface area contributed by atoms with Crippen LogP contribution in [0.25, 0.3) is 0 Å². The Balaban J connectivity index is 2.08. The monoisotopic (exact) mass is 378 g/mol. The van der Waals surface area contributed by atoms with E-state index in [1.165, 1.54) is 6.92 Å². The molecule has 2 aromatic carbocycles. The Morgan fingerprint density at radius 2 is 1.60 bits per heavy atom. The molecule has 0 atom stereocenters. The van der Waals surface area contributed by atoms with E-state index in [4.69, 9.17) is 23.2 Å². The molecule has 1 N–H and O–H groups in total. The molecule has 0 radical (unpaired) electrons. The SMILES string of the molecule is CC(=O)N(CCC(=O)Nc1cc(Cl)ccc1C)c1cc(Cl)ccc1C. The number of amides is 2. The van der Waals surface area contributed by atoms with E-state index in [2.05, 4.69) is 5.32 Å². The Kier molecular flexibility index (Phi) is 6.45. The van der Waals surface area contributed by atoms with Gasteiger partial charge in [-0.3, -0.25) is 9.59 Å². The Hall–Kier alpha value is -2.04. The van der Waals surface area contributed by atoms with Crippen LogP contribution in [-0.2, 0) is 9.59 Å². The molecular weight excluding hydrogens is 359 g/mol. The van der Waals surface area contributed by atoms with Gasteiger partial charge in [0.25, 0.3) is 0 Å². The van der Waals surface area contributed by atoms with Crippen LogP contribution in [0.1, 0.15) is 24.5 Å². The highest BCUT2D eigenvalue weighted by molar-refractivity contribution is 6.31. The van der Waals surface area contributed by atoms with Gasteiger partial charge < -0.3 is 10.2 Å². The molecule has 0 saturated carbocycles. The Bertz CT molecular complexity index is 806. The molecule has 2 rings (SSSR count). The highest BCUT2D eigenvalue weighted by Crippen LogP contribution is 2.25. The van der Waals surface area contributed by atoms with Crippen molar-refractivity contribution in [1.82, 2.24) is 0 Å². The molecule has 25 heavy (non-hydrogen) atoms. The van der Waals surface area contributed by atoms with Crippen molar-refractivity contribution in [2.45, 2.75) is 27.2 Å². The molecule has 0 heterocycles. The summed E-state index contributed by atoms with van der Waals surface area (Å²) in [6.45, 7) is 5.53. The van der Waals surface area contributed by atoms with E-state index in [0.29, 0.717) is 21.4 Å². The molecule has 2 amide bonds. The van der Waals surface area contributed by atoms with Crippen molar-refractivity contribution in [3.05, 3.63) is 57.6 Å². The van der Waals surface area contributed by atoms with Gasteiger partial charge in [-0.1, -0.05) is 35.3 Å². The Morgan fingerprint density at radius 3 is 2.24 bits per heavy atom. The van der Waals surface area contributed by atoms with Gasteiger partial charge >= 0.3 is 0 Å². The predicted octanol–water partition coefficient (Wildman–Crippen LogP) is 4.99. The number of hydrogen-bond donors (Lipinski definition) is 1. The molecule has 0 aromatic heterocycles. The molecule has 0 aliphatic carbocycles. The van der Waals surface area contributed by atoms with Crippen LogP contribution in [0.5, 0.6) is 0 Å². The maximum absolute atomic E-state index is 12.3. The Morgan fingerprint density at radius 1 is 1.00 bits per heavy atom. The zero-order chi connectivity index (χ0) is 18.6. The highest BCUT2D eigenvalue weighted by Gasteiger charge is 2.16. The largest absolute Gasteiger partial charge is 0.326 e. The van der Waals surface area contributed by atoms with Gasteiger partial charge in [0.1, 0.15) is 0 Å². The zero-order valence-corrected chi connectivity index (χ0v) is 15.9. The number of hydrogen-bond acceptors (Lipinski definition) is 2. The van der Waals surface area contributed by atoms with Crippen molar-refractivity contribution in [1.29, 1.82) is 0 Å².